The summed E-state index contributed by atoms with van der Waals surface area (Å²) in [6.45, 7) is 2.03. The fraction of sp³-hybridized carbons (Fsp3) is 0.462. The Labute approximate surface area is 111 Å². The van der Waals surface area contributed by atoms with Crippen LogP contribution in [0.15, 0.2) is 18.3 Å². The van der Waals surface area contributed by atoms with Gasteiger partial charge in [-0.05, 0) is 31.9 Å². The number of aromatic nitrogens is 1. The number of hydrogen-bond donors (Lipinski definition) is 1. The van der Waals surface area contributed by atoms with Crippen molar-refractivity contribution in [3.63, 3.8) is 0 Å². The molecule has 1 aliphatic rings. The highest BCUT2D eigenvalue weighted by molar-refractivity contribution is 5.94. The first-order valence-electron chi connectivity index (χ1n) is 6.30. The Morgan fingerprint density at radius 2 is 2.21 bits per heavy atom. The molecule has 1 aliphatic carbocycles. The van der Waals surface area contributed by atoms with Crippen molar-refractivity contribution >= 4 is 17.6 Å². The summed E-state index contributed by atoms with van der Waals surface area (Å²) < 4.78 is 4.88. The van der Waals surface area contributed by atoms with Crippen molar-refractivity contribution in [2.45, 2.75) is 25.8 Å². The van der Waals surface area contributed by atoms with Gasteiger partial charge in [-0.25, -0.2) is 4.98 Å². The zero-order valence-electron chi connectivity index (χ0n) is 10.8. The smallest absolute Gasteiger partial charge is 0.325 e. The van der Waals surface area contributed by atoms with Gasteiger partial charge in [-0.3, -0.25) is 9.59 Å². The molecule has 1 heterocycles. The second-order valence-corrected chi connectivity index (χ2v) is 4.45. The van der Waals surface area contributed by atoms with E-state index in [1.165, 1.54) is 11.1 Å². The van der Waals surface area contributed by atoms with Crippen molar-refractivity contribution in [3.05, 3.63) is 24.0 Å². The van der Waals surface area contributed by atoms with Gasteiger partial charge in [0.25, 0.3) is 5.91 Å². The van der Waals surface area contributed by atoms with Gasteiger partial charge in [0.05, 0.1) is 18.5 Å². The molecular formula is C13H17N3O3. The first kappa shape index (κ1) is 13.3. The maximum atomic E-state index is 12.3. The fourth-order valence-corrected chi connectivity index (χ4v) is 1.78. The predicted octanol–water partition coefficient (Wildman–Crippen LogP) is 0.831. The van der Waals surface area contributed by atoms with Crippen molar-refractivity contribution < 1.29 is 14.3 Å². The van der Waals surface area contributed by atoms with Crippen LogP contribution in [-0.4, -0.2) is 41.0 Å². The van der Waals surface area contributed by atoms with Crippen LogP contribution in [0.3, 0.4) is 0 Å². The minimum absolute atomic E-state index is 0.0244. The normalized spacial score (nSPS) is 13.9. The van der Waals surface area contributed by atoms with E-state index in [4.69, 9.17) is 10.5 Å². The third-order valence-corrected chi connectivity index (χ3v) is 2.86. The zero-order valence-corrected chi connectivity index (χ0v) is 10.8. The Hall–Kier alpha value is -2.11. The second-order valence-electron chi connectivity index (χ2n) is 4.45. The number of pyridine rings is 1. The molecule has 1 saturated carbocycles. The third kappa shape index (κ3) is 3.43. The number of nitrogens with zero attached hydrogens (tertiary/aromatic N) is 2. The number of anilines is 1. The summed E-state index contributed by atoms with van der Waals surface area (Å²) in [6.07, 6.45) is 3.27. The van der Waals surface area contributed by atoms with Crippen molar-refractivity contribution in [2.75, 3.05) is 18.9 Å². The van der Waals surface area contributed by atoms with E-state index in [2.05, 4.69) is 4.98 Å². The molecule has 0 saturated heterocycles. The van der Waals surface area contributed by atoms with E-state index in [9.17, 15) is 9.59 Å². The van der Waals surface area contributed by atoms with Crippen LogP contribution in [-0.2, 0) is 9.53 Å². The lowest BCUT2D eigenvalue weighted by Crippen LogP contribution is -2.38. The highest BCUT2D eigenvalue weighted by Crippen LogP contribution is 2.27. The van der Waals surface area contributed by atoms with Gasteiger partial charge in [-0.15, -0.1) is 0 Å². The van der Waals surface area contributed by atoms with Crippen LogP contribution in [0.1, 0.15) is 30.3 Å². The van der Waals surface area contributed by atoms with Crippen LogP contribution in [0.25, 0.3) is 0 Å². The van der Waals surface area contributed by atoms with Gasteiger partial charge in [-0.1, -0.05) is 0 Å². The third-order valence-electron chi connectivity index (χ3n) is 2.86. The molecule has 2 N–H and O–H groups in total. The monoisotopic (exact) mass is 263 g/mol. The largest absolute Gasteiger partial charge is 0.465 e. The van der Waals surface area contributed by atoms with Crippen LogP contribution in [0, 0.1) is 0 Å². The van der Waals surface area contributed by atoms with Crippen LogP contribution < -0.4 is 5.73 Å². The number of carbonyl (C=O) groups excluding carboxylic acids is 2. The predicted molar refractivity (Wildman–Crippen MR) is 69.3 cm³/mol. The number of nitrogens with two attached hydrogens (primary N) is 1. The highest BCUT2D eigenvalue weighted by Gasteiger charge is 2.35. The quantitative estimate of drug-likeness (QED) is 0.795. The van der Waals surface area contributed by atoms with Crippen LogP contribution in [0.2, 0.25) is 0 Å². The molecule has 102 valence electrons. The van der Waals surface area contributed by atoms with Gasteiger partial charge >= 0.3 is 5.97 Å². The summed E-state index contributed by atoms with van der Waals surface area (Å²) in [5.74, 6) is -0.645. The minimum Gasteiger partial charge on any atom is -0.465 e. The summed E-state index contributed by atoms with van der Waals surface area (Å²) in [4.78, 5) is 29.3. The lowest BCUT2D eigenvalue weighted by molar-refractivity contribution is -0.144. The second kappa shape index (κ2) is 5.69. The summed E-state index contributed by atoms with van der Waals surface area (Å²) in [5.41, 5.74) is 6.33. The average molecular weight is 263 g/mol. The topological polar surface area (TPSA) is 85.5 Å². The molecule has 1 aromatic rings. The number of rotatable bonds is 5. The Bertz CT molecular complexity index is 469. The van der Waals surface area contributed by atoms with Gasteiger partial charge in [0.15, 0.2) is 0 Å². The van der Waals surface area contributed by atoms with Gasteiger partial charge < -0.3 is 15.4 Å². The molecule has 6 nitrogen and oxygen atoms in total. The SMILES string of the molecule is CCOC(=O)CN(C(=O)c1ccc(N)cn1)C1CC1. The molecule has 6 heteroatoms. The summed E-state index contributed by atoms with van der Waals surface area (Å²) in [5, 5.41) is 0. The van der Waals surface area contributed by atoms with E-state index in [0.29, 0.717) is 18.0 Å². The number of nitrogen functional groups attached to an aromatic ring is 1. The molecule has 0 radical (unpaired) electrons. The number of carbonyl (C=O) groups is 2. The maximum absolute atomic E-state index is 12.3. The number of hydrogen-bond acceptors (Lipinski definition) is 5. The number of ether oxygens (including phenoxy) is 1. The van der Waals surface area contributed by atoms with Crippen molar-refractivity contribution in [1.82, 2.24) is 9.88 Å². The molecule has 1 fully saturated rings. The Balaban J connectivity index is 2.08. The van der Waals surface area contributed by atoms with Gasteiger partial charge in [-0.2, -0.15) is 0 Å². The maximum Gasteiger partial charge on any atom is 0.325 e. The molecule has 0 aromatic carbocycles. The van der Waals surface area contributed by atoms with E-state index >= 15 is 0 Å². The molecule has 0 atom stereocenters. The Kier molecular flexibility index (Phi) is 3.99. The molecule has 0 bridgehead atoms. The lowest BCUT2D eigenvalue weighted by atomic mass is 10.3. The first-order valence-corrected chi connectivity index (χ1v) is 6.30. The number of amides is 1. The Morgan fingerprint density at radius 1 is 1.47 bits per heavy atom. The van der Waals surface area contributed by atoms with E-state index in [-0.39, 0.29) is 18.5 Å². The van der Waals surface area contributed by atoms with E-state index in [1.54, 1.807) is 19.1 Å². The molecule has 1 aromatic heterocycles. The zero-order chi connectivity index (χ0) is 13.8. The number of esters is 1. The van der Waals surface area contributed by atoms with Gasteiger partial charge in [0, 0.05) is 6.04 Å². The molecule has 1 amide bonds. The van der Waals surface area contributed by atoms with E-state index in [0.717, 1.165) is 12.8 Å². The molecular weight excluding hydrogens is 246 g/mol. The lowest BCUT2D eigenvalue weighted by Gasteiger charge is -2.20. The van der Waals surface area contributed by atoms with Crippen LogP contribution in [0.5, 0.6) is 0 Å². The van der Waals surface area contributed by atoms with E-state index in [1.807, 2.05) is 0 Å². The summed E-state index contributed by atoms with van der Waals surface area (Å²) >= 11 is 0. The van der Waals surface area contributed by atoms with Crippen molar-refractivity contribution in [3.8, 4) is 0 Å². The average Bonchev–Trinajstić information content (AvgIpc) is 3.21. The van der Waals surface area contributed by atoms with E-state index < -0.39 is 5.97 Å². The highest BCUT2D eigenvalue weighted by atomic mass is 16.5. The van der Waals surface area contributed by atoms with Crippen molar-refractivity contribution in [1.29, 1.82) is 0 Å². The molecule has 0 spiro atoms. The molecule has 0 aliphatic heterocycles. The van der Waals surface area contributed by atoms with Crippen molar-refractivity contribution in [2.24, 2.45) is 0 Å². The van der Waals surface area contributed by atoms with Crippen LogP contribution >= 0.6 is 0 Å². The van der Waals surface area contributed by atoms with Gasteiger partial charge in [0.1, 0.15) is 12.2 Å². The fourth-order valence-electron chi connectivity index (χ4n) is 1.78. The molecule has 19 heavy (non-hydrogen) atoms. The first-order chi connectivity index (χ1) is 9.11. The van der Waals surface area contributed by atoms with Gasteiger partial charge in [0.2, 0.25) is 0 Å². The minimum atomic E-state index is -0.391. The summed E-state index contributed by atoms with van der Waals surface area (Å²) in [7, 11) is 0. The standard InChI is InChI=1S/C13H17N3O3/c1-2-19-12(17)8-16(10-4-5-10)13(18)11-6-3-9(14)7-15-11/h3,6-7,10H,2,4-5,8,14H2,1H3. The molecule has 2 rings (SSSR count). The molecule has 0 unspecified atom stereocenters. The van der Waals surface area contributed by atoms with Crippen LogP contribution in [0.4, 0.5) is 5.69 Å². The summed E-state index contributed by atoms with van der Waals surface area (Å²) in [6, 6.07) is 3.31. The Morgan fingerprint density at radius 3 is 2.74 bits per heavy atom.